The molecular weight excluding hydrogens is 524 g/mol. The van der Waals surface area contributed by atoms with E-state index < -0.39 is 11.9 Å². The van der Waals surface area contributed by atoms with E-state index in [4.69, 9.17) is 4.42 Å². The van der Waals surface area contributed by atoms with Crippen LogP contribution in [0.15, 0.2) is 60.6 Å². The second-order valence-corrected chi connectivity index (χ2v) is 7.96. The van der Waals surface area contributed by atoms with E-state index in [1.54, 1.807) is 6.07 Å². The Morgan fingerprint density at radius 1 is 0.867 bits per heavy atom. The predicted octanol–water partition coefficient (Wildman–Crippen LogP) is 5.19. The molecule has 3 N–H and O–H groups in total. The first-order valence-corrected chi connectivity index (χ1v) is 9.96. The number of halogens is 2. The van der Waals surface area contributed by atoms with Gasteiger partial charge in [0.1, 0.15) is 14.7 Å². The molecule has 0 saturated heterocycles. The van der Waals surface area contributed by atoms with Gasteiger partial charge < -0.3 is 19.7 Å². The third-order valence-electron chi connectivity index (χ3n) is 4.65. The Morgan fingerprint density at radius 2 is 1.57 bits per heavy atom. The molecule has 2 aliphatic rings. The monoisotopic (exact) mass is 532 g/mol. The first-order chi connectivity index (χ1) is 14.2. The van der Waals surface area contributed by atoms with Gasteiger partial charge in [0.05, 0.1) is 11.1 Å². The Hall–Kier alpha value is -3.17. The number of carboxylic acids is 2. The van der Waals surface area contributed by atoms with Crippen molar-refractivity contribution in [3.8, 4) is 28.2 Å². The summed E-state index contributed by atoms with van der Waals surface area (Å²) in [6.07, 6.45) is 0. The van der Waals surface area contributed by atoms with Crippen molar-refractivity contribution in [3.63, 3.8) is 0 Å². The standard InChI is InChI=1S/C21H10Br2O7/c22-16-13(24)5-3-10-15(9-2-1-8(20(26)27)7-12(9)21(28)29)11-4-6-14(25)17(23)19(11)30-18(10)16/h1-7,24H,(H,26,27)(H,28,29). The lowest BCUT2D eigenvalue weighted by atomic mass is 9.90. The van der Waals surface area contributed by atoms with E-state index in [2.05, 4.69) is 31.9 Å². The predicted molar refractivity (Wildman–Crippen MR) is 116 cm³/mol. The zero-order valence-electron chi connectivity index (χ0n) is 14.8. The summed E-state index contributed by atoms with van der Waals surface area (Å²) < 4.78 is 6.26. The van der Waals surface area contributed by atoms with E-state index in [0.29, 0.717) is 16.5 Å². The highest BCUT2D eigenvalue weighted by Gasteiger charge is 2.26. The average molecular weight is 534 g/mol. The van der Waals surface area contributed by atoms with Crippen LogP contribution in [0.5, 0.6) is 5.75 Å². The van der Waals surface area contributed by atoms with Crippen LogP contribution in [0.25, 0.3) is 33.4 Å². The van der Waals surface area contributed by atoms with E-state index >= 15 is 0 Å². The van der Waals surface area contributed by atoms with Gasteiger partial charge in [-0.15, -0.1) is 0 Å². The molecule has 0 spiro atoms. The zero-order valence-corrected chi connectivity index (χ0v) is 17.9. The minimum Gasteiger partial charge on any atom is -0.507 e. The van der Waals surface area contributed by atoms with E-state index in [1.807, 2.05) is 0 Å². The number of hydrogen-bond acceptors (Lipinski definition) is 5. The Bertz CT molecular complexity index is 1400. The molecule has 2 aromatic carbocycles. The van der Waals surface area contributed by atoms with Crippen LogP contribution in [0, 0.1) is 0 Å². The molecule has 0 aromatic heterocycles. The van der Waals surface area contributed by atoms with Crippen molar-refractivity contribution < 1.29 is 29.3 Å². The lowest BCUT2D eigenvalue weighted by Gasteiger charge is -2.18. The first-order valence-electron chi connectivity index (χ1n) is 8.38. The lowest BCUT2D eigenvalue weighted by Crippen LogP contribution is -2.07. The summed E-state index contributed by atoms with van der Waals surface area (Å²) in [6, 6.07) is 9.59. The molecule has 30 heavy (non-hydrogen) atoms. The quantitative estimate of drug-likeness (QED) is 0.309. The van der Waals surface area contributed by atoms with E-state index in [0.717, 1.165) is 6.07 Å². The highest BCUT2D eigenvalue weighted by atomic mass is 79.9. The van der Waals surface area contributed by atoms with Gasteiger partial charge in [-0.1, -0.05) is 6.07 Å². The highest BCUT2D eigenvalue weighted by Crippen LogP contribution is 2.46. The van der Waals surface area contributed by atoms with Crippen molar-refractivity contribution in [2.24, 2.45) is 0 Å². The SMILES string of the molecule is O=C(O)c1ccc(-c2c3ccc(=O)c(Br)c-3oc3c(Br)c(O)ccc23)c(C(=O)O)c1. The molecule has 9 heteroatoms. The molecule has 0 atom stereocenters. The molecule has 1 aliphatic heterocycles. The van der Waals surface area contributed by atoms with Gasteiger partial charge in [0.15, 0.2) is 16.8 Å². The van der Waals surface area contributed by atoms with Gasteiger partial charge >= 0.3 is 11.9 Å². The lowest BCUT2D eigenvalue weighted by molar-refractivity contribution is 0.0696. The van der Waals surface area contributed by atoms with Crippen LogP contribution in [0.2, 0.25) is 0 Å². The summed E-state index contributed by atoms with van der Waals surface area (Å²) in [5, 5.41) is 29.5. The largest absolute Gasteiger partial charge is 0.507 e. The Labute approximate surface area is 184 Å². The number of rotatable bonds is 3. The van der Waals surface area contributed by atoms with Crippen molar-refractivity contribution in [1.29, 1.82) is 0 Å². The minimum atomic E-state index is -1.31. The molecule has 0 saturated carbocycles. The van der Waals surface area contributed by atoms with Crippen molar-refractivity contribution in [2.75, 3.05) is 0 Å². The van der Waals surface area contributed by atoms with Gasteiger partial charge in [0.2, 0.25) is 0 Å². The number of carboxylic acid groups (broad SMARTS) is 2. The molecule has 7 nitrogen and oxygen atoms in total. The van der Waals surface area contributed by atoms with Gasteiger partial charge in [0.25, 0.3) is 0 Å². The second-order valence-electron chi connectivity index (χ2n) is 6.38. The van der Waals surface area contributed by atoms with Gasteiger partial charge in [-0.3, -0.25) is 4.79 Å². The second kappa shape index (κ2) is 7.26. The van der Waals surface area contributed by atoms with Crippen LogP contribution in [-0.2, 0) is 0 Å². The third kappa shape index (κ3) is 3.06. The van der Waals surface area contributed by atoms with E-state index in [-0.39, 0.29) is 48.2 Å². The zero-order chi connectivity index (χ0) is 21.7. The number of carbonyl (C=O) groups is 2. The molecule has 4 rings (SSSR count). The van der Waals surface area contributed by atoms with Gasteiger partial charge in [0, 0.05) is 16.5 Å². The van der Waals surface area contributed by atoms with Crippen LogP contribution < -0.4 is 5.43 Å². The van der Waals surface area contributed by atoms with Crippen LogP contribution in [0.3, 0.4) is 0 Å². The first kappa shape index (κ1) is 20.1. The summed E-state index contributed by atoms with van der Waals surface area (Å²) in [5.74, 6) is -2.51. The molecule has 0 unspecified atom stereocenters. The topological polar surface area (TPSA) is 125 Å². The molecule has 0 fully saturated rings. The summed E-state index contributed by atoms with van der Waals surface area (Å²) in [7, 11) is 0. The van der Waals surface area contributed by atoms with Crippen molar-refractivity contribution in [2.45, 2.75) is 0 Å². The summed E-state index contributed by atoms with van der Waals surface area (Å²) in [6.45, 7) is 0. The van der Waals surface area contributed by atoms with Crippen LogP contribution in [-0.4, -0.2) is 27.3 Å². The van der Waals surface area contributed by atoms with Gasteiger partial charge in [-0.05, 0) is 73.8 Å². The minimum absolute atomic E-state index is 0.106. The summed E-state index contributed by atoms with van der Waals surface area (Å²) >= 11 is 6.48. The number of phenolic OH excluding ortho intramolecular Hbond substituents is 1. The molecule has 0 amide bonds. The van der Waals surface area contributed by atoms with Crippen LogP contribution >= 0.6 is 31.9 Å². The third-order valence-corrected chi connectivity index (χ3v) is 6.16. The molecular formula is C21H10Br2O7. The fraction of sp³-hybridized carbons (Fsp3) is 0. The number of fused-ring (bicyclic) bond motifs is 2. The Balaban J connectivity index is 2.24. The molecule has 1 heterocycles. The highest BCUT2D eigenvalue weighted by molar-refractivity contribution is 9.11. The van der Waals surface area contributed by atoms with Crippen LogP contribution in [0.1, 0.15) is 20.7 Å². The van der Waals surface area contributed by atoms with Crippen LogP contribution in [0.4, 0.5) is 0 Å². The number of aromatic hydroxyl groups is 1. The number of phenols is 1. The van der Waals surface area contributed by atoms with E-state index in [9.17, 15) is 29.7 Å². The fourth-order valence-electron chi connectivity index (χ4n) is 3.29. The van der Waals surface area contributed by atoms with E-state index in [1.165, 1.54) is 30.3 Å². The smallest absolute Gasteiger partial charge is 0.336 e. The molecule has 1 aliphatic carbocycles. The van der Waals surface area contributed by atoms with Gasteiger partial charge in [-0.2, -0.15) is 0 Å². The maximum Gasteiger partial charge on any atom is 0.336 e. The van der Waals surface area contributed by atoms with Crippen molar-refractivity contribution in [1.82, 2.24) is 0 Å². The molecule has 0 bridgehead atoms. The fourth-order valence-corrected chi connectivity index (χ4v) is 4.14. The van der Waals surface area contributed by atoms with Gasteiger partial charge in [-0.25, -0.2) is 9.59 Å². The molecule has 2 aromatic rings. The Kier molecular flexibility index (Phi) is 4.87. The maximum atomic E-state index is 12.1. The number of benzene rings is 3. The van der Waals surface area contributed by atoms with Crippen molar-refractivity contribution in [3.05, 3.63) is 72.8 Å². The Morgan fingerprint density at radius 3 is 2.23 bits per heavy atom. The summed E-state index contributed by atoms with van der Waals surface area (Å²) in [5.41, 5.74) is 0.554. The maximum absolute atomic E-state index is 12.1. The normalized spacial score (nSPS) is 11.1. The number of hydrogen-bond donors (Lipinski definition) is 3. The molecule has 150 valence electrons. The summed E-state index contributed by atoms with van der Waals surface area (Å²) in [4.78, 5) is 35.4. The average Bonchev–Trinajstić information content (AvgIpc) is 2.72. The molecule has 0 radical (unpaired) electrons. The number of aromatic carboxylic acids is 2. The van der Waals surface area contributed by atoms with Crippen molar-refractivity contribution >= 4 is 54.8 Å².